The number of ether oxygens (including phenoxy) is 2. The first-order valence-corrected chi connectivity index (χ1v) is 11.2. The van der Waals surface area contributed by atoms with Crippen LogP contribution in [0.4, 0.5) is 0 Å². The minimum atomic E-state index is -0.410. The summed E-state index contributed by atoms with van der Waals surface area (Å²) in [6, 6.07) is 19.8. The van der Waals surface area contributed by atoms with Crippen LogP contribution in [0.5, 0.6) is 0 Å². The average molecular weight is 427 g/mol. The maximum absolute atomic E-state index is 13.0. The highest BCUT2D eigenvalue weighted by Gasteiger charge is 2.23. The molecular formula is C26H38N2O3. The Bertz CT molecular complexity index is 735. The van der Waals surface area contributed by atoms with Gasteiger partial charge in [-0.3, -0.25) is 4.79 Å². The van der Waals surface area contributed by atoms with Gasteiger partial charge in [-0.2, -0.15) is 0 Å². The minimum absolute atomic E-state index is 0.0400. The van der Waals surface area contributed by atoms with E-state index < -0.39 is 6.04 Å². The molecule has 1 amide bonds. The molecule has 5 heteroatoms. The summed E-state index contributed by atoms with van der Waals surface area (Å²) in [7, 11) is 0. The largest absolute Gasteiger partial charge is 0.375 e. The molecule has 0 aliphatic heterocycles. The molecule has 0 fully saturated rings. The van der Waals surface area contributed by atoms with E-state index >= 15 is 0 Å². The normalized spacial score (nSPS) is 13.4. The van der Waals surface area contributed by atoms with E-state index in [0.29, 0.717) is 32.3 Å². The lowest BCUT2D eigenvalue weighted by molar-refractivity contribution is -0.126. The highest BCUT2D eigenvalue weighted by atomic mass is 16.5. The van der Waals surface area contributed by atoms with Crippen LogP contribution in [0.3, 0.4) is 0 Å². The van der Waals surface area contributed by atoms with E-state index in [-0.39, 0.29) is 18.0 Å². The zero-order chi connectivity index (χ0) is 22.5. The van der Waals surface area contributed by atoms with Crippen molar-refractivity contribution in [2.45, 2.75) is 65.5 Å². The standard InChI is InChI=1S/C26H38N2O3/c1-20(2)15-24(18-30-16-22-11-7-5-8-12-22)28-26(29)25(27-21(3)4)19-31-17-23-13-9-6-10-14-23/h5-14,20-21,24-25,27H,15-19H2,1-4H3,(H,28,29). The number of hydrogen-bond acceptors (Lipinski definition) is 4. The smallest absolute Gasteiger partial charge is 0.239 e. The van der Waals surface area contributed by atoms with Gasteiger partial charge in [-0.05, 0) is 23.5 Å². The Hall–Kier alpha value is -2.21. The van der Waals surface area contributed by atoms with Gasteiger partial charge in [-0.15, -0.1) is 0 Å². The first-order valence-electron chi connectivity index (χ1n) is 11.2. The summed E-state index contributed by atoms with van der Waals surface area (Å²) in [6.45, 7) is 10.2. The van der Waals surface area contributed by atoms with E-state index in [2.05, 4.69) is 24.5 Å². The van der Waals surface area contributed by atoms with Gasteiger partial charge >= 0.3 is 0 Å². The third-order valence-corrected chi connectivity index (χ3v) is 4.78. The Morgan fingerprint density at radius 2 is 1.32 bits per heavy atom. The number of nitrogens with one attached hydrogen (secondary N) is 2. The van der Waals surface area contributed by atoms with Gasteiger partial charge in [-0.1, -0.05) is 88.4 Å². The van der Waals surface area contributed by atoms with Gasteiger partial charge in [0.05, 0.1) is 32.5 Å². The molecule has 0 bridgehead atoms. The van der Waals surface area contributed by atoms with E-state index in [9.17, 15) is 4.79 Å². The molecule has 0 radical (unpaired) electrons. The molecule has 2 unspecified atom stereocenters. The second kappa shape index (κ2) is 14.0. The lowest BCUT2D eigenvalue weighted by atomic mass is 10.0. The summed E-state index contributed by atoms with van der Waals surface area (Å²) in [6.07, 6.45) is 0.861. The average Bonchev–Trinajstić information content (AvgIpc) is 2.74. The first-order chi connectivity index (χ1) is 14.9. The van der Waals surface area contributed by atoms with E-state index in [1.165, 1.54) is 0 Å². The van der Waals surface area contributed by atoms with Gasteiger partial charge in [0.2, 0.25) is 5.91 Å². The van der Waals surface area contributed by atoms with Crippen LogP contribution in [0.25, 0.3) is 0 Å². The predicted molar refractivity (Wildman–Crippen MR) is 126 cm³/mol. The van der Waals surface area contributed by atoms with Gasteiger partial charge in [0, 0.05) is 6.04 Å². The summed E-state index contributed by atoms with van der Waals surface area (Å²) in [5, 5.41) is 6.51. The maximum atomic E-state index is 13.0. The van der Waals surface area contributed by atoms with E-state index in [1.54, 1.807) is 0 Å². The van der Waals surface area contributed by atoms with Crippen molar-refractivity contribution in [2.24, 2.45) is 5.92 Å². The molecule has 2 rings (SSSR count). The summed E-state index contributed by atoms with van der Waals surface area (Å²) in [5.41, 5.74) is 2.23. The van der Waals surface area contributed by atoms with Crippen LogP contribution in [0.1, 0.15) is 45.2 Å². The van der Waals surface area contributed by atoms with Crippen LogP contribution in [0.15, 0.2) is 60.7 Å². The third-order valence-electron chi connectivity index (χ3n) is 4.78. The second-order valence-corrected chi connectivity index (χ2v) is 8.71. The fourth-order valence-corrected chi connectivity index (χ4v) is 3.40. The summed E-state index contributed by atoms with van der Waals surface area (Å²) >= 11 is 0. The lowest BCUT2D eigenvalue weighted by Gasteiger charge is -2.26. The molecule has 0 saturated heterocycles. The van der Waals surface area contributed by atoms with Gasteiger partial charge in [-0.25, -0.2) is 0 Å². The van der Waals surface area contributed by atoms with Gasteiger partial charge in [0.1, 0.15) is 6.04 Å². The summed E-state index contributed by atoms with van der Waals surface area (Å²) in [4.78, 5) is 13.0. The van der Waals surface area contributed by atoms with Crippen LogP contribution >= 0.6 is 0 Å². The fraction of sp³-hybridized carbons (Fsp3) is 0.500. The molecule has 0 aliphatic carbocycles. The molecule has 2 N–H and O–H groups in total. The van der Waals surface area contributed by atoms with Gasteiger partial charge in [0.25, 0.3) is 0 Å². The molecule has 2 aromatic carbocycles. The Kier molecular flexibility index (Phi) is 11.3. The van der Waals surface area contributed by atoms with E-state index in [1.807, 2.05) is 74.5 Å². The Morgan fingerprint density at radius 1 is 0.806 bits per heavy atom. The van der Waals surface area contributed by atoms with Crippen molar-refractivity contribution in [3.8, 4) is 0 Å². The van der Waals surface area contributed by atoms with Gasteiger partial charge in [0.15, 0.2) is 0 Å². The summed E-state index contributed by atoms with van der Waals surface area (Å²) < 4.78 is 11.8. The Balaban J connectivity index is 1.88. The van der Waals surface area contributed by atoms with E-state index in [0.717, 1.165) is 17.5 Å². The fourth-order valence-electron chi connectivity index (χ4n) is 3.40. The maximum Gasteiger partial charge on any atom is 0.239 e. The number of carbonyl (C=O) groups is 1. The van der Waals surface area contributed by atoms with Crippen molar-refractivity contribution >= 4 is 5.91 Å². The SMILES string of the molecule is CC(C)CC(COCc1ccccc1)NC(=O)C(COCc1ccccc1)NC(C)C. The zero-order valence-electron chi connectivity index (χ0n) is 19.3. The highest BCUT2D eigenvalue weighted by molar-refractivity contribution is 5.82. The molecule has 0 aromatic heterocycles. The van der Waals surface area contributed by atoms with Crippen LogP contribution < -0.4 is 10.6 Å². The molecule has 2 atom stereocenters. The quantitative estimate of drug-likeness (QED) is 0.472. The molecule has 0 saturated carbocycles. The number of hydrogen-bond donors (Lipinski definition) is 2. The van der Waals surface area contributed by atoms with Crippen molar-refractivity contribution in [2.75, 3.05) is 13.2 Å². The lowest BCUT2D eigenvalue weighted by Crippen LogP contribution is -2.53. The number of amides is 1. The molecule has 170 valence electrons. The molecule has 2 aromatic rings. The first kappa shape index (κ1) is 25.1. The van der Waals surface area contributed by atoms with Crippen molar-refractivity contribution in [1.29, 1.82) is 0 Å². The van der Waals surface area contributed by atoms with Crippen LogP contribution in [-0.2, 0) is 27.5 Å². The van der Waals surface area contributed by atoms with Crippen molar-refractivity contribution in [1.82, 2.24) is 10.6 Å². The Labute approximate surface area is 187 Å². The minimum Gasteiger partial charge on any atom is -0.375 e. The number of benzene rings is 2. The summed E-state index contributed by atoms with van der Waals surface area (Å²) in [5.74, 6) is 0.409. The predicted octanol–water partition coefficient (Wildman–Crippen LogP) is 4.32. The highest BCUT2D eigenvalue weighted by Crippen LogP contribution is 2.08. The van der Waals surface area contributed by atoms with Crippen molar-refractivity contribution < 1.29 is 14.3 Å². The molecule has 0 aliphatic rings. The molecule has 0 heterocycles. The molecule has 0 spiro atoms. The third kappa shape index (κ3) is 10.6. The van der Waals surface area contributed by atoms with E-state index in [4.69, 9.17) is 9.47 Å². The zero-order valence-corrected chi connectivity index (χ0v) is 19.3. The number of rotatable bonds is 14. The topological polar surface area (TPSA) is 59.6 Å². The monoisotopic (exact) mass is 426 g/mol. The van der Waals surface area contributed by atoms with Crippen LogP contribution in [0.2, 0.25) is 0 Å². The molecule has 5 nitrogen and oxygen atoms in total. The Morgan fingerprint density at radius 3 is 1.81 bits per heavy atom. The van der Waals surface area contributed by atoms with Crippen molar-refractivity contribution in [3.63, 3.8) is 0 Å². The second-order valence-electron chi connectivity index (χ2n) is 8.71. The van der Waals surface area contributed by atoms with Gasteiger partial charge < -0.3 is 20.1 Å². The molecule has 31 heavy (non-hydrogen) atoms. The molecular weight excluding hydrogens is 388 g/mol. The van der Waals surface area contributed by atoms with Crippen LogP contribution in [0, 0.1) is 5.92 Å². The van der Waals surface area contributed by atoms with Crippen LogP contribution in [-0.4, -0.2) is 37.2 Å². The van der Waals surface area contributed by atoms with Crippen molar-refractivity contribution in [3.05, 3.63) is 71.8 Å². The number of carbonyl (C=O) groups excluding carboxylic acids is 1.